The summed E-state index contributed by atoms with van der Waals surface area (Å²) < 4.78 is 40.4. The topological polar surface area (TPSA) is 136 Å². The number of alkyl halides is 2. The minimum Gasteiger partial charge on any atom is -0.340 e. The number of nitrogens with zero attached hydrogens (tertiary/aromatic N) is 1. The zero-order valence-corrected chi connectivity index (χ0v) is 26.7. The quantitative estimate of drug-likeness (QED) is 0.169. The van der Waals surface area contributed by atoms with E-state index in [2.05, 4.69) is 10.6 Å². The van der Waals surface area contributed by atoms with Crippen molar-refractivity contribution in [1.29, 1.82) is 0 Å². The van der Waals surface area contributed by atoms with Crippen molar-refractivity contribution < 1.29 is 37.5 Å². The number of hydrogen-bond donors (Lipinski definition) is 4. The molecule has 1 aromatic heterocycles. The molecule has 0 radical (unpaired) electrons. The zero-order chi connectivity index (χ0) is 33.1. The molecule has 9 nitrogen and oxygen atoms in total. The summed E-state index contributed by atoms with van der Waals surface area (Å²) in [5.41, 5.74) is -2.54. The Kier molecular flexibility index (Phi) is 8.03. The number of halogens is 2. The van der Waals surface area contributed by atoms with Crippen LogP contribution in [0.3, 0.4) is 0 Å². The third-order valence-corrected chi connectivity index (χ3v) is 11.7. The molecule has 4 N–H and O–H groups in total. The van der Waals surface area contributed by atoms with Gasteiger partial charge in [0.25, 0.3) is 5.91 Å². The van der Waals surface area contributed by atoms with Crippen LogP contribution in [-0.4, -0.2) is 50.5 Å². The molecule has 13 heteroatoms. The van der Waals surface area contributed by atoms with Gasteiger partial charge in [0.1, 0.15) is 12.1 Å². The van der Waals surface area contributed by atoms with E-state index in [1.807, 2.05) is 54.6 Å². The summed E-state index contributed by atoms with van der Waals surface area (Å²) in [4.78, 5) is 61.2. The van der Waals surface area contributed by atoms with Crippen LogP contribution in [0, 0.1) is 11.8 Å². The monoisotopic (exact) mass is 679 g/mol. The average molecular weight is 680 g/mol. The van der Waals surface area contributed by atoms with Crippen LogP contribution in [0.15, 0.2) is 78.9 Å². The highest BCUT2D eigenvalue weighted by Gasteiger charge is 2.52. The summed E-state index contributed by atoms with van der Waals surface area (Å²) in [6.07, 6.45) is 3.43. The van der Waals surface area contributed by atoms with E-state index >= 15 is 0 Å². The van der Waals surface area contributed by atoms with Crippen LogP contribution >= 0.6 is 18.9 Å². The van der Waals surface area contributed by atoms with E-state index in [1.165, 1.54) is 12.1 Å². The van der Waals surface area contributed by atoms with Gasteiger partial charge in [-0.2, -0.15) is 8.78 Å². The molecule has 244 valence electrons. The fourth-order valence-corrected chi connectivity index (χ4v) is 8.41. The molecule has 2 aliphatic heterocycles. The summed E-state index contributed by atoms with van der Waals surface area (Å²) in [5, 5.41) is 6.06. The van der Waals surface area contributed by atoms with Crippen LogP contribution in [0.25, 0.3) is 21.2 Å². The molecule has 7 rings (SSSR count). The van der Waals surface area contributed by atoms with Gasteiger partial charge in [-0.15, -0.1) is 11.3 Å². The van der Waals surface area contributed by atoms with E-state index in [0.717, 1.165) is 47.4 Å². The molecule has 3 fully saturated rings. The molecule has 4 aromatic rings. The van der Waals surface area contributed by atoms with Gasteiger partial charge in [0.15, 0.2) is 0 Å². The van der Waals surface area contributed by atoms with Gasteiger partial charge in [-0.25, -0.2) is 0 Å². The van der Waals surface area contributed by atoms with Gasteiger partial charge in [-0.1, -0.05) is 48.5 Å². The minimum atomic E-state index is -5.76. The van der Waals surface area contributed by atoms with Crippen molar-refractivity contribution in [1.82, 2.24) is 10.2 Å². The number of fused-ring (bicyclic) bond motifs is 3. The molecule has 2 saturated heterocycles. The lowest BCUT2D eigenvalue weighted by atomic mass is 9.99. The van der Waals surface area contributed by atoms with Crippen LogP contribution in [0.4, 0.5) is 14.5 Å². The Bertz CT molecular complexity index is 1910. The summed E-state index contributed by atoms with van der Waals surface area (Å²) in [6.45, 7) is 0. The second-order valence-corrected chi connectivity index (χ2v) is 15.4. The van der Waals surface area contributed by atoms with Crippen LogP contribution in [-0.2, 0) is 19.8 Å². The largest absolute Gasteiger partial charge is 0.399 e. The van der Waals surface area contributed by atoms with Gasteiger partial charge in [0.2, 0.25) is 11.8 Å². The fraction of sp³-hybridized carbons (Fsp3) is 0.324. The standard InChI is InChI=1S/C34H32F2N3O6PS/c35-34(36,46(43,44)45)24-8-13-29-23(15-24)18-30(47-29)32(41)38-27-17-22-14-21(22)16-26-11-12-28(39(26)33(27)42)31(40)37-25-9-6-20(7-10-25)19-4-2-1-3-5-19/h1-10,13,15,18,21-22,26-28H,11-12,14,16-17H2,(H,37,40)(H,38,41)(H2,43,44,45)/t21-,22+,26+,27-,28-/m0/s1. The molecule has 0 spiro atoms. The average Bonchev–Trinajstić information content (AvgIpc) is 3.41. The number of nitrogens with one attached hydrogen (secondary N) is 2. The van der Waals surface area contributed by atoms with E-state index in [9.17, 15) is 27.7 Å². The first-order valence-electron chi connectivity index (χ1n) is 15.5. The number of thiophene rings is 1. The van der Waals surface area contributed by atoms with Crippen LogP contribution in [0.1, 0.15) is 47.3 Å². The molecule has 3 aromatic carbocycles. The van der Waals surface area contributed by atoms with Gasteiger partial charge in [0.05, 0.1) is 4.88 Å². The Morgan fingerprint density at radius 3 is 2.32 bits per heavy atom. The molecule has 5 atom stereocenters. The first-order chi connectivity index (χ1) is 22.4. The summed E-state index contributed by atoms with van der Waals surface area (Å²) in [6, 6.07) is 20.3. The molecule has 3 heterocycles. The van der Waals surface area contributed by atoms with E-state index < -0.39 is 36.8 Å². The smallest absolute Gasteiger partial charge is 0.340 e. The Labute approximate surface area is 273 Å². The van der Waals surface area contributed by atoms with Gasteiger partial charge in [-0.05, 0) is 90.8 Å². The van der Waals surface area contributed by atoms with Gasteiger partial charge >= 0.3 is 13.3 Å². The predicted octanol–water partition coefficient (Wildman–Crippen LogP) is 6.32. The predicted molar refractivity (Wildman–Crippen MR) is 174 cm³/mol. The van der Waals surface area contributed by atoms with Crippen LogP contribution < -0.4 is 10.6 Å². The molecular weight excluding hydrogens is 647 g/mol. The maximum absolute atomic E-state index is 14.3. The molecule has 1 aliphatic carbocycles. The minimum absolute atomic E-state index is 0.105. The first-order valence-corrected chi connectivity index (χ1v) is 17.9. The van der Waals surface area contributed by atoms with Crippen molar-refractivity contribution in [3.8, 4) is 11.1 Å². The summed E-state index contributed by atoms with van der Waals surface area (Å²) in [7, 11) is -5.76. The Hall–Kier alpha value is -3.96. The highest BCUT2D eigenvalue weighted by Crippen LogP contribution is 2.59. The Balaban J connectivity index is 1.08. The van der Waals surface area contributed by atoms with Crippen molar-refractivity contribution in [3.63, 3.8) is 0 Å². The van der Waals surface area contributed by atoms with Crippen molar-refractivity contribution in [2.75, 3.05) is 5.32 Å². The van der Waals surface area contributed by atoms with Crippen LogP contribution in [0.2, 0.25) is 0 Å². The lowest BCUT2D eigenvalue weighted by Gasteiger charge is -2.35. The maximum atomic E-state index is 14.3. The fourth-order valence-electron chi connectivity index (χ4n) is 6.99. The van der Waals surface area contributed by atoms with Gasteiger partial charge in [-0.3, -0.25) is 18.9 Å². The Morgan fingerprint density at radius 1 is 0.894 bits per heavy atom. The zero-order valence-electron chi connectivity index (χ0n) is 25.0. The van der Waals surface area contributed by atoms with Gasteiger partial charge in [0, 0.05) is 22.0 Å². The third kappa shape index (κ3) is 6.11. The van der Waals surface area contributed by atoms with Crippen molar-refractivity contribution in [2.24, 2.45) is 11.8 Å². The van der Waals surface area contributed by atoms with E-state index in [4.69, 9.17) is 9.79 Å². The number of carbonyl (C=O) groups is 3. The Morgan fingerprint density at radius 2 is 1.60 bits per heavy atom. The lowest BCUT2D eigenvalue weighted by Crippen LogP contribution is -2.55. The maximum Gasteiger partial charge on any atom is 0.399 e. The van der Waals surface area contributed by atoms with Gasteiger partial charge < -0.3 is 25.3 Å². The van der Waals surface area contributed by atoms with Crippen molar-refractivity contribution in [2.45, 2.75) is 55.9 Å². The highest BCUT2D eigenvalue weighted by molar-refractivity contribution is 7.52. The third-order valence-electron chi connectivity index (χ3n) is 9.56. The molecule has 3 amide bonds. The number of amides is 3. The molecule has 0 bridgehead atoms. The second kappa shape index (κ2) is 11.9. The van der Waals surface area contributed by atoms with E-state index in [1.54, 1.807) is 4.90 Å². The number of rotatable bonds is 7. The van der Waals surface area contributed by atoms with Crippen molar-refractivity contribution in [3.05, 3.63) is 89.3 Å². The van der Waals surface area contributed by atoms with E-state index in [-0.39, 0.29) is 28.1 Å². The highest BCUT2D eigenvalue weighted by atomic mass is 32.1. The number of carbonyl (C=O) groups excluding carboxylic acids is 3. The summed E-state index contributed by atoms with van der Waals surface area (Å²) >= 11 is 1.03. The van der Waals surface area contributed by atoms with E-state index in [0.29, 0.717) is 41.5 Å². The molecule has 0 unspecified atom stereocenters. The SMILES string of the molecule is O=C(N[C@H]1C[C@H]2C[C@H]2C[C@H]2CC[C@@H](C(=O)Nc3ccc(-c4ccccc4)cc3)N2C1=O)c1cc2cc(C(F)(F)P(=O)(O)O)ccc2s1. The molecule has 47 heavy (non-hydrogen) atoms. The van der Waals surface area contributed by atoms with Crippen molar-refractivity contribution >= 4 is 52.4 Å². The van der Waals surface area contributed by atoms with Crippen LogP contribution in [0.5, 0.6) is 0 Å². The lowest BCUT2D eigenvalue weighted by molar-refractivity contribution is -0.141. The normalized spacial score (nSPS) is 24.2. The summed E-state index contributed by atoms with van der Waals surface area (Å²) in [5.74, 6) is -0.432. The molecule has 3 aliphatic rings. The first kappa shape index (κ1) is 31.6. The molecular formula is C34H32F2N3O6PS. The number of anilines is 1. The number of hydrogen-bond acceptors (Lipinski definition) is 5. The molecule has 1 saturated carbocycles. The second-order valence-electron chi connectivity index (χ2n) is 12.6. The number of benzene rings is 3.